The molecule has 0 saturated carbocycles. The second-order valence-electron chi connectivity index (χ2n) is 4.67. The van der Waals surface area contributed by atoms with Gasteiger partial charge in [0.25, 0.3) is 0 Å². The summed E-state index contributed by atoms with van der Waals surface area (Å²) in [7, 11) is 0. The summed E-state index contributed by atoms with van der Waals surface area (Å²) in [6.45, 7) is 2.09. The zero-order valence-corrected chi connectivity index (χ0v) is 13.5. The Morgan fingerprint density at radius 2 is 1.86 bits per heavy atom. The molecule has 0 amide bonds. The molecule has 3 rings (SSSR count). The number of nitrogens with zero attached hydrogens (tertiary/aromatic N) is 2. The van der Waals surface area contributed by atoms with Crippen LogP contribution in [-0.4, -0.2) is 9.97 Å². The first-order chi connectivity index (χ1) is 10.1. The van der Waals surface area contributed by atoms with E-state index in [1.165, 1.54) is 11.6 Å². The van der Waals surface area contributed by atoms with E-state index in [1.54, 1.807) is 6.07 Å². The van der Waals surface area contributed by atoms with Crippen molar-refractivity contribution in [3.05, 3.63) is 57.4 Å². The maximum Gasteiger partial charge on any atom is 0.161 e. The monoisotopic (exact) mass is 364 g/mol. The summed E-state index contributed by atoms with van der Waals surface area (Å²) in [4.78, 5) is 8.59. The topological polar surface area (TPSA) is 25.8 Å². The van der Waals surface area contributed by atoms with E-state index in [4.69, 9.17) is 11.6 Å². The summed E-state index contributed by atoms with van der Waals surface area (Å²) >= 11 is 9.42. The average Bonchev–Trinajstić information content (AvgIpc) is 2.48. The van der Waals surface area contributed by atoms with E-state index in [0.717, 1.165) is 12.0 Å². The van der Waals surface area contributed by atoms with Crippen LogP contribution >= 0.6 is 27.5 Å². The summed E-state index contributed by atoms with van der Waals surface area (Å²) in [5.74, 6) is 0.00600. The van der Waals surface area contributed by atoms with Crippen LogP contribution in [0.4, 0.5) is 4.39 Å². The molecule has 2 aromatic carbocycles. The van der Waals surface area contributed by atoms with Crippen molar-refractivity contribution in [1.29, 1.82) is 0 Å². The fourth-order valence-corrected chi connectivity index (χ4v) is 2.79. The van der Waals surface area contributed by atoms with E-state index in [0.29, 0.717) is 15.7 Å². The number of aromatic nitrogens is 2. The third-order valence-electron chi connectivity index (χ3n) is 3.29. The summed E-state index contributed by atoms with van der Waals surface area (Å²) in [5.41, 5.74) is 2.27. The molecule has 3 aromatic rings. The van der Waals surface area contributed by atoms with Crippen molar-refractivity contribution < 1.29 is 4.39 Å². The quantitative estimate of drug-likeness (QED) is 0.567. The summed E-state index contributed by atoms with van der Waals surface area (Å²) in [6.07, 6.45) is 0.961. The van der Waals surface area contributed by atoms with Crippen LogP contribution in [0.15, 0.2) is 40.9 Å². The van der Waals surface area contributed by atoms with Crippen LogP contribution in [0.3, 0.4) is 0 Å². The fourth-order valence-electron chi connectivity index (χ4n) is 2.14. The average molecular weight is 366 g/mol. The molecule has 0 aliphatic heterocycles. The molecule has 0 aliphatic carbocycles. The Bertz CT molecular complexity index is 819. The summed E-state index contributed by atoms with van der Waals surface area (Å²) < 4.78 is 14.7. The number of hydrogen-bond acceptors (Lipinski definition) is 2. The Labute approximate surface area is 135 Å². The van der Waals surface area contributed by atoms with Gasteiger partial charge in [-0.3, -0.25) is 0 Å². The SMILES string of the molecule is CCc1ccc(-c2nc(Cl)c3cc(Br)cc(F)c3n2)cc1. The van der Waals surface area contributed by atoms with Gasteiger partial charge in [0.2, 0.25) is 0 Å². The molecule has 21 heavy (non-hydrogen) atoms. The summed E-state index contributed by atoms with van der Waals surface area (Å²) in [5, 5.41) is 0.743. The van der Waals surface area contributed by atoms with Gasteiger partial charge in [0.1, 0.15) is 10.7 Å². The lowest BCUT2D eigenvalue weighted by molar-refractivity contribution is 0.636. The van der Waals surface area contributed by atoms with E-state index in [-0.39, 0.29) is 10.7 Å². The fraction of sp³-hybridized carbons (Fsp3) is 0.125. The van der Waals surface area contributed by atoms with Crippen LogP contribution in [0.2, 0.25) is 5.15 Å². The first-order valence-corrected chi connectivity index (χ1v) is 7.67. The normalized spacial score (nSPS) is 11.0. The standard InChI is InChI=1S/C16H11BrClFN2/c1-2-9-3-5-10(6-4-9)16-20-14-12(15(18)21-16)7-11(17)8-13(14)19/h3-8H,2H2,1H3. The van der Waals surface area contributed by atoms with Gasteiger partial charge >= 0.3 is 0 Å². The van der Waals surface area contributed by atoms with Crippen molar-refractivity contribution in [3.63, 3.8) is 0 Å². The van der Waals surface area contributed by atoms with Crippen molar-refractivity contribution in [3.8, 4) is 11.4 Å². The second-order valence-corrected chi connectivity index (χ2v) is 5.95. The number of fused-ring (bicyclic) bond motifs is 1. The van der Waals surface area contributed by atoms with E-state index in [9.17, 15) is 4.39 Å². The van der Waals surface area contributed by atoms with Gasteiger partial charge in [-0.25, -0.2) is 14.4 Å². The van der Waals surface area contributed by atoms with Crippen molar-refractivity contribution in [2.45, 2.75) is 13.3 Å². The lowest BCUT2D eigenvalue weighted by Gasteiger charge is -2.07. The van der Waals surface area contributed by atoms with Crippen LogP contribution < -0.4 is 0 Å². The highest BCUT2D eigenvalue weighted by Gasteiger charge is 2.12. The highest BCUT2D eigenvalue weighted by atomic mass is 79.9. The molecule has 5 heteroatoms. The molecule has 0 spiro atoms. The van der Waals surface area contributed by atoms with Gasteiger partial charge in [-0.15, -0.1) is 0 Å². The van der Waals surface area contributed by atoms with Crippen LogP contribution in [-0.2, 0) is 6.42 Å². The van der Waals surface area contributed by atoms with E-state index >= 15 is 0 Å². The highest BCUT2D eigenvalue weighted by Crippen LogP contribution is 2.29. The van der Waals surface area contributed by atoms with Crippen molar-refractivity contribution in [1.82, 2.24) is 9.97 Å². The Morgan fingerprint density at radius 3 is 2.52 bits per heavy atom. The molecule has 0 radical (unpaired) electrons. The number of halogens is 3. The molecule has 0 fully saturated rings. The van der Waals surface area contributed by atoms with Crippen LogP contribution in [0.25, 0.3) is 22.3 Å². The largest absolute Gasteiger partial charge is 0.225 e. The lowest BCUT2D eigenvalue weighted by Crippen LogP contribution is -1.94. The molecule has 106 valence electrons. The van der Waals surface area contributed by atoms with Crippen LogP contribution in [0, 0.1) is 5.82 Å². The number of rotatable bonds is 2. The van der Waals surface area contributed by atoms with Gasteiger partial charge in [-0.2, -0.15) is 0 Å². The maximum absolute atomic E-state index is 14.1. The number of hydrogen-bond donors (Lipinski definition) is 0. The van der Waals surface area contributed by atoms with Crippen LogP contribution in [0.1, 0.15) is 12.5 Å². The van der Waals surface area contributed by atoms with Gasteiger partial charge in [0.05, 0.1) is 0 Å². The van der Waals surface area contributed by atoms with Crippen molar-refractivity contribution >= 4 is 38.4 Å². The van der Waals surface area contributed by atoms with Gasteiger partial charge in [-0.05, 0) is 24.1 Å². The van der Waals surface area contributed by atoms with Crippen LogP contribution in [0.5, 0.6) is 0 Å². The van der Waals surface area contributed by atoms with Gasteiger partial charge < -0.3 is 0 Å². The third-order valence-corrected chi connectivity index (χ3v) is 4.04. The lowest BCUT2D eigenvalue weighted by atomic mass is 10.1. The first-order valence-electron chi connectivity index (χ1n) is 6.50. The number of aryl methyl sites for hydroxylation is 1. The molecule has 0 aliphatic rings. The second kappa shape index (κ2) is 5.70. The molecule has 0 unspecified atom stereocenters. The highest BCUT2D eigenvalue weighted by molar-refractivity contribution is 9.10. The van der Waals surface area contributed by atoms with E-state index in [2.05, 4.69) is 32.8 Å². The van der Waals surface area contributed by atoms with Crippen molar-refractivity contribution in [2.24, 2.45) is 0 Å². The Hall–Kier alpha value is -1.52. The maximum atomic E-state index is 14.1. The molecular weight excluding hydrogens is 355 g/mol. The van der Waals surface area contributed by atoms with E-state index < -0.39 is 5.82 Å². The first kappa shape index (κ1) is 14.4. The molecule has 0 N–H and O–H groups in total. The summed E-state index contributed by atoms with van der Waals surface area (Å²) in [6, 6.07) is 10.9. The number of benzene rings is 2. The minimum atomic E-state index is -0.421. The zero-order chi connectivity index (χ0) is 15.0. The predicted octanol–water partition coefficient (Wildman–Crippen LogP) is 5.41. The molecule has 0 bridgehead atoms. The molecular formula is C16H11BrClFN2. The molecule has 1 aromatic heterocycles. The molecule has 0 saturated heterocycles. The molecule has 1 heterocycles. The van der Waals surface area contributed by atoms with Crippen molar-refractivity contribution in [2.75, 3.05) is 0 Å². The predicted molar refractivity (Wildman–Crippen MR) is 87.0 cm³/mol. The smallest absolute Gasteiger partial charge is 0.161 e. The van der Waals surface area contributed by atoms with Gasteiger partial charge in [0, 0.05) is 15.4 Å². The third kappa shape index (κ3) is 2.78. The molecule has 2 nitrogen and oxygen atoms in total. The Balaban J connectivity index is 2.19. The van der Waals surface area contributed by atoms with Gasteiger partial charge in [-0.1, -0.05) is 58.7 Å². The van der Waals surface area contributed by atoms with E-state index in [1.807, 2.05) is 24.3 Å². The Morgan fingerprint density at radius 1 is 1.14 bits per heavy atom. The van der Waals surface area contributed by atoms with Gasteiger partial charge in [0.15, 0.2) is 11.6 Å². The molecule has 0 atom stereocenters. The Kier molecular flexibility index (Phi) is 3.91. The zero-order valence-electron chi connectivity index (χ0n) is 11.2. The minimum Gasteiger partial charge on any atom is -0.225 e. The minimum absolute atomic E-state index is 0.229.